The second-order valence-electron chi connectivity index (χ2n) is 4.63. The van der Waals surface area contributed by atoms with E-state index in [2.05, 4.69) is 4.98 Å². The maximum absolute atomic E-state index is 5.68. The first kappa shape index (κ1) is 13.3. The van der Waals surface area contributed by atoms with E-state index in [1.54, 1.807) is 6.07 Å². The topological polar surface area (TPSA) is 70.5 Å². The SMILES string of the molecule is Cc1nc2ccc(OCCOc3cccc(N)c3)cc2o1. The Morgan fingerprint density at radius 1 is 1.05 bits per heavy atom. The van der Waals surface area contributed by atoms with E-state index in [0.29, 0.717) is 24.8 Å². The molecule has 2 aromatic carbocycles. The van der Waals surface area contributed by atoms with E-state index in [1.807, 2.05) is 43.3 Å². The molecule has 0 aliphatic carbocycles. The van der Waals surface area contributed by atoms with Crippen LogP contribution < -0.4 is 15.2 Å². The molecule has 0 unspecified atom stereocenters. The molecule has 1 aromatic heterocycles. The molecule has 0 amide bonds. The van der Waals surface area contributed by atoms with Crippen molar-refractivity contribution in [3.05, 3.63) is 48.4 Å². The zero-order valence-corrected chi connectivity index (χ0v) is 11.7. The summed E-state index contributed by atoms with van der Waals surface area (Å²) in [5.41, 5.74) is 7.91. The quantitative estimate of drug-likeness (QED) is 0.575. The predicted molar refractivity (Wildman–Crippen MR) is 80.6 cm³/mol. The van der Waals surface area contributed by atoms with Crippen molar-refractivity contribution in [3.63, 3.8) is 0 Å². The molecule has 0 bridgehead atoms. The molecular formula is C16H16N2O3. The van der Waals surface area contributed by atoms with Gasteiger partial charge in [-0.05, 0) is 24.3 Å². The summed E-state index contributed by atoms with van der Waals surface area (Å²) in [7, 11) is 0. The number of oxazole rings is 1. The number of nitrogen functional groups attached to an aromatic ring is 1. The number of rotatable bonds is 5. The molecule has 0 saturated carbocycles. The predicted octanol–water partition coefficient (Wildman–Crippen LogP) is 3.18. The van der Waals surface area contributed by atoms with Crippen molar-refractivity contribution in [1.29, 1.82) is 0 Å². The van der Waals surface area contributed by atoms with Crippen molar-refractivity contribution in [2.75, 3.05) is 18.9 Å². The highest BCUT2D eigenvalue weighted by Crippen LogP contribution is 2.21. The van der Waals surface area contributed by atoms with Gasteiger partial charge in [0.05, 0.1) is 0 Å². The van der Waals surface area contributed by atoms with E-state index in [9.17, 15) is 0 Å². The van der Waals surface area contributed by atoms with Gasteiger partial charge in [0.15, 0.2) is 11.5 Å². The molecule has 5 nitrogen and oxygen atoms in total. The highest BCUT2D eigenvalue weighted by atomic mass is 16.5. The summed E-state index contributed by atoms with van der Waals surface area (Å²) in [5.74, 6) is 2.11. The molecule has 0 aliphatic rings. The number of nitrogens with zero attached hydrogens (tertiary/aromatic N) is 1. The van der Waals surface area contributed by atoms with Crippen LogP contribution in [0.3, 0.4) is 0 Å². The van der Waals surface area contributed by atoms with Crippen LogP contribution in [0.1, 0.15) is 5.89 Å². The van der Waals surface area contributed by atoms with Gasteiger partial charge in [-0.2, -0.15) is 0 Å². The first-order valence-electron chi connectivity index (χ1n) is 6.69. The number of ether oxygens (including phenoxy) is 2. The third kappa shape index (κ3) is 3.25. The van der Waals surface area contributed by atoms with Crippen LogP contribution in [0.2, 0.25) is 0 Å². The van der Waals surface area contributed by atoms with E-state index < -0.39 is 0 Å². The summed E-state index contributed by atoms with van der Waals surface area (Å²) in [5, 5.41) is 0. The number of fused-ring (bicyclic) bond motifs is 1. The van der Waals surface area contributed by atoms with Crippen LogP contribution in [0.15, 0.2) is 46.9 Å². The molecule has 0 radical (unpaired) electrons. The molecule has 0 atom stereocenters. The van der Waals surface area contributed by atoms with Gasteiger partial charge in [-0.1, -0.05) is 6.07 Å². The van der Waals surface area contributed by atoms with Gasteiger partial charge in [-0.25, -0.2) is 4.98 Å². The summed E-state index contributed by atoms with van der Waals surface area (Å²) < 4.78 is 16.7. The molecule has 0 spiro atoms. The van der Waals surface area contributed by atoms with Crippen LogP contribution in [0, 0.1) is 6.92 Å². The van der Waals surface area contributed by atoms with Crippen molar-refractivity contribution >= 4 is 16.8 Å². The molecule has 21 heavy (non-hydrogen) atoms. The molecule has 0 aliphatic heterocycles. The monoisotopic (exact) mass is 284 g/mol. The molecule has 2 N–H and O–H groups in total. The van der Waals surface area contributed by atoms with Crippen LogP contribution in [0.4, 0.5) is 5.69 Å². The zero-order valence-electron chi connectivity index (χ0n) is 11.7. The van der Waals surface area contributed by atoms with Crippen molar-refractivity contribution in [3.8, 4) is 11.5 Å². The fraction of sp³-hybridized carbons (Fsp3) is 0.188. The Hall–Kier alpha value is -2.69. The lowest BCUT2D eigenvalue weighted by Crippen LogP contribution is -2.09. The summed E-state index contributed by atoms with van der Waals surface area (Å²) in [6, 6.07) is 12.9. The largest absolute Gasteiger partial charge is 0.490 e. The highest BCUT2D eigenvalue weighted by molar-refractivity contribution is 5.74. The Bertz CT molecular complexity index is 752. The van der Waals surface area contributed by atoms with Gasteiger partial charge in [0.25, 0.3) is 0 Å². The number of nitrogens with two attached hydrogens (primary N) is 1. The fourth-order valence-electron chi connectivity index (χ4n) is 2.03. The lowest BCUT2D eigenvalue weighted by molar-refractivity contribution is 0.217. The van der Waals surface area contributed by atoms with Crippen molar-refractivity contribution in [2.45, 2.75) is 6.92 Å². The Morgan fingerprint density at radius 3 is 2.57 bits per heavy atom. The maximum Gasteiger partial charge on any atom is 0.192 e. The summed E-state index contributed by atoms with van der Waals surface area (Å²) in [4.78, 5) is 4.24. The second kappa shape index (κ2) is 5.75. The smallest absolute Gasteiger partial charge is 0.192 e. The van der Waals surface area contributed by atoms with Gasteiger partial charge in [0, 0.05) is 24.7 Å². The van der Waals surface area contributed by atoms with Gasteiger partial charge in [0.2, 0.25) is 0 Å². The number of aryl methyl sites for hydroxylation is 1. The molecule has 3 rings (SSSR count). The van der Waals surface area contributed by atoms with Gasteiger partial charge in [-0.3, -0.25) is 0 Å². The minimum atomic E-state index is 0.438. The van der Waals surface area contributed by atoms with Gasteiger partial charge >= 0.3 is 0 Å². The third-order valence-electron chi connectivity index (χ3n) is 2.95. The van der Waals surface area contributed by atoms with Gasteiger partial charge in [0.1, 0.15) is 30.2 Å². The molecule has 3 aromatic rings. The normalized spacial score (nSPS) is 10.7. The van der Waals surface area contributed by atoms with E-state index in [1.165, 1.54) is 0 Å². The standard InChI is InChI=1S/C16H16N2O3/c1-11-18-15-6-5-14(10-16(15)21-11)20-8-7-19-13-4-2-3-12(17)9-13/h2-6,9-10H,7-8,17H2,1H3. The summed E-state index contributed by atoms with van der Waals surface area (Å²) in [6.07, 6.45) is 0. The lowest BCUT2D eigenvalue weighted by Gasteiger charge is -2.08. The third-order valence-corrected chi connectivity index (χ3v) is 2.95. The zero-order chi connectivity index (χ0) is 14.7. The first-order valence-corrected chi connectivity index (χ1v) is 6.69. The minimum Gasteiger partial charge on any atom is -0.490 e. The van der Waals surface area contributed by atoms with Gasteiger partial charge < -0.3 is 19.6 Å². The lowest BCUT2D eigenvalue weighted by atomic mass is 10.3. The highest BCUT2D eigenvalue weighted by Gasteiger charge is 2.04. The van der Waals surface area contributed by atoms with Gasteiger partial charge in [-0.15, -0.1) is 0 Å². The summed E-state index contributed by atoms with van der Waals surface area (Å²) in [6.45, 7) is 2.70. The van der Waals surface area contributed by atoms with Crippen molar-refractivity contribution in [2.24, 2.45) is 0 Å². The Morgan fingerprint density at radius 2 is 1.81 bits per heavy atom. The number of aromatic nitrogens is 1. The summed E-state index contributed by atoms with van der Waals surface area (Å²) >= 11 is 0. The average Bonchev–Trinajstić information content (AvgIpc) is 2.83. The van der Waals surface area contributed by atoms with E-state index >= 15 is 0 Å². The van der Waals surface area contributed by atoms with Crippen LogP contribution in [-0.2, 0) is 0 Å². The Labute approximate surface area is 122 Å². The Kier molecular flexibility index (Phi) is 3.64. The molecule has 0 fully saturated rings. The number of benzene rings is 2. The first-order chi connectivity index (χ1) is 10.2. The Balaban J connectivity index is 1.54. The van der Waals surface area contributed by atoms with Crippen molar-refractivity contribution in [1.82, 2.24) is 4.98 Å². The van der Waals surface area contributed by atoms with Crippen LogP contribution >= 0.6 is 0 Å². The van der Waals surface area contributed by atoms with Crippen LogP contribution in [-0.4, -0.2) is 18.2 Å². The van der Waals surface area contributed by atoms with Crippen LogP contribution in [0.5, 0.6) is 11.5 Å². The number of anilines is 1. The van der Waals surface area contributed by atoms with E-state index in [0.717, 1.165) is 22.6 Å². The van der Waals surface area contributed by atoms with E-state index in [-0.39, 0.29) is 0 Å². The molecule has 1 heterocycles. The van der Waals surface area contributed by atoms with E-state index in [4.69, 9.17) is 19.6 Å². The second-order valence-corrected chi connectivity index (χ2v) is 4.63. The molecule has 0 saturated heterocycles. The number of hydrogen-bond acceptors (Lipinski definition) is 5. The molecule has 5 heteroatoms. The minimum absolute atomic E-state index is 0.438. The molecular weight excluding hydrogens is 268 g/mol. The molecule has 108 valence electrons. The average molecular weight is 284 g/mol. The van der Waals surface area contributed by atoms with Crippen molar-refractivity contribution < 1.29 is 13.9 Å². The maximum atomic E-state index is 5.68. The number of hydrogen-bond donors (Lipinski definition) is 1. The van der Waals surface area contributed by atoms with Crippen LogP contribution in [0.25, 0.3) is 11.1 Å². The fourth-order valence-corrected chi connectivity index (χ4v) is 2.03.